The van der Waals surface area contributed by atoms with Crippen molar-refractivity contribution >= 4 is 17.1 Å². The van der Waals surface area contributed by atoms with Crippen molar-refractivity contribution in [1.29, 1.82) is 0 Å². The van der Waals surface area contributed by atoms with Crippen LogP contribution in [0.25, 0.3) is 28.5 Å². The van der Waals surface area contributed by atoms with E-state index in [0.29, 0.717) is 5.82 Å². The first-order chi connectivity index (χ1) is 19.1. The first-order valence-electron chi connectivity index (χ1n) is 13.3. The molecule has 39 heavy (non-hydrogen) atoms. The lowest BCUT2D eigenvalue weighted by atomic mass is 9.73. The number of anilines is 3. The Balaban J connectivity index is 1.35. The van der Waals surface area contributed by atoms with Crippen molar-refractivity contribution in [1.82, 2.24) is 14.8 Å². The Morgan fingerprint density at radius 3 is 1.59 bits per heavy atom. The van der Waals surface area contributed by atoms with E-state index in [-0.39, 0.29) is 5.41 Å². The summed E-state index contributed by atoms with van der Waals surface area (Å²) in [5, 5.41) is 4.95. The Bertz CT molecular complexity index is 1720. The van der Waals surface area contributed by atoms with E-state index in [1.165, 1.54) is 22.5 Å². The van der Waals surface area contributed by atoms with Crippen LogP contribution in [0.2, 0.25) is 0 Å². The molecule has 4 heteroatoms. The minimum atomic E-state index is -0.0806. The molecule has 0 unspecified atom stereocenters. The van der Waals surface area contributed by atoms with Gasteiger partial charge in [0.1, 0.15) is 0 Å². The molecule has 1 aliphatic heterocycles. The molecule has 0 spiro atoms. The smallest absolute Gasteiger partial charge is 0.182 e. The van der Waals surface area contributed by atoms with Gasteiger partial charge in [-0.2, -0.15) is 0 Å². The van der Waals surface area contributed by atoms with Crippen molar-refractivity contribution in [2.75, 3.05) is 4.90 Å². The van der Waals surface area contributed by atoms with Gasteiger partial charge in [0.25, 0.3) is 0 Å². The van der Waals surface area contributed by atoms with Gasteiger partial charge in [0.15, 0.2) is 11.6 Å². The van der Waals surface area contributed by atoms with E-state index in [1.54, 1.807) is 0 Å². The molecule has 0 amide bonds. The highest BCUT2D eigenvalue weighted by Gasteiger charge is 2.36. The van der Waals surface area contributed by atoms with Gasteiger partial charge in [0.05, 0.1) is 17.1 Å². The Morgan fingerprint density at radius 1 is 0.513 bits per heavy atom. The second-order valence-corrected chi connectivity index (χ2v) is 10.4. The van der Waals surface area contributed by atoms with Gasteiger partial charge >= 0.3 is 0 Å². The van der Waals surface area contributed by atoms with Gasteiger partial charge in [-0.05, 0) is 47.5 Å². The largest absolute Gasteiger partial charge is 0.310 e. The maximum atomic E-state index is 4.96. The molecule has 6 aromatic rings. The topological polar surface area (TPSA) is 34.0 Å². The predicted octanol–water partition coefficient (Wildman–Crippen LogP) is 8.71. The summed E-state index contributed by atoms with van der Waals surface area (Å²) in [6, 6.07) is 46.5. The molecule has 0 atom stereocenters. The molecule has 0 saturated carbocycles. The van der Waals surface area contributed by atoms with Crippen LogP contribution < -0.4 is 4.90 Å². The molecule has 5 aromatic carbocycles. The van der Waals surface area contributed by atoms with Gasteiger partial charge in [-0.1, -0.05) is 111 Å². The van der Waals surface area contributed by atoms with Crippen LogP contribution in [0.4, 0.5) is 17.1 Å². The Labute approximate surface area is 228 Å². The summed E-state index contributed by atoms with van der Waals surface area (Å²) in [7, 11) is 0. The van der Waals surface area contributed by atoms with Crippen molar-refractivity contribution in [3.8, 4) is 28.5 Å². The van der Waals surface area contributed by atoms with Gasteiger partial charge in [-0.3, -0.25) is 0 Å². The highest BCUT2D eigenvalue weighted by Crippen LogP contribution is 2.51. The molecular formula is C35H28N4. The molecule has 0 bridgehead atoms. The lowest BCUT2D eigenvalue weighted by Crippen LogP contribution is -2.30. The van der Waals surface area contributed by atoms with Crippen molar-refractivity contribution in [2.45, 2.75) is 19.3 Å². The average molecular weight is 505 g/mol. The molecule has 0 radical (unpaired) electrons. The fourth-order valence-electron chi connectivity index (χ4n) is 5.67. The minimum absolute atomic E-state index is 0.0806. The highest BCUT2D eigenvalue weighted by molar-refractivity contribution is 5.86. The summed E-state index contributed by atoms with van der Waals surface area (Å²) in [4.78, 5) is 7.33. The fourth-order valence-corrected chi connectivity index (χ4v) is 5.67. The van der Waals surface area contributed by atoms with E-state index in [2.05, 4.69) is 104 Å². The number of hydrogen-bond donors (Lipinski definition) is 0. The molecule has 1 aromatic heterocycles. The van der Waals surface area contributed by atoms with Crippen LogP contribution >= 0.6 is 0 Å². The van der Waals surface area contributed by atoms with Crippen LogP contribution in [0, 0.1) is 0 Å². The Hall–Kier alpha value is -4.96. The second kappa shape index (κ2) is 9.10. The zero-order valence-corrected chi connectivity index (χ0v) is 22.0. The van der Waals surface area contributed by atoms with Crippen molar-refractivity contribution < 1.29 is 0 Å². The van der Waals surface area contributed by atoms with Gasteiger partial charge in [0, 0.05) is 22.2 Å². The monoisotopic (exact) mass is 504 g/mol. The number of hydrogen-bond acceptors (Lipinski definition) is 3. The molecule has 7 rings (SSSR count). The third-order valence-corrected chi connectivity index (χ3v) is 7.66. The summed E-state index contributed by atoms with van der Waals surface area (Å²) in [5.74, 6) is 1.53. The number of aromatic nitrogens is 3. The van der Waals surface area contributed by atoms with Crippen molar-refractivity contribution in [3.63, 3.8) is 0 Å². The predicted molar refractivity (Wildman–Crippen MR) is 159 cm³/mol. The Morgan fingerprint density at radius 2 is 1.00 bits per heavy atom. The van der Waals surface area contributed by atoms with Gasteiger partial charge in [-0.15, -0.1) is 5.10 Å². The second-order valence-electron chi connectivity index (χ2n) is 10.4. The number of nitrogens with zero attached hydrogens (tertiary/aromatic N) is 4. The number of para-hydroxylation sites is 2. The molecule has 0 aliphatic carbocycles. The molecular weight excluding hydrogens is 476 g/mol. The zero-order valence-electron chi connectivity index (χ0n) is 22.0. The third kappa shape index (κ3) is 3.84. The minimum Gasteiger partial charge on any atom is -0.310 e. The maximum absolute atomic E-state index is 4.96. The molecule has 0 fully saturated rings. The normalized spacial score (nSPS) is 13.5. The van der Waals surface area contributed by atoms with Gasteiger partial charge in [0.2, 0.25) is 0 Å². The summed E-state index contributed by atoms with van der Waals surface area (Å²) in [6.07, 6.45) is 0. The quantitative estimate of drug-likeness (QED) is 0.241. The fraction of sp³-hybridized carbons (Fsp3) is 0.0857. The van der Waals surface area contributed by atoms with Crippen LogP contribution in [0.1, 0.15) is 25.0 Å². The van der Waals surface area contributed by atoms with E-state index in [9.17, 15) is 0 Å². The van der Waals surface area contributed by atoms with Crippen molar-refractivity contribution in [3.05, 3.63) is 145 Å². The third-order valence-electron chi connectivity index (χ3n) is 7.66. The van der Waals surface area contributed by atoms with E-state index < -0.39 is 0 Å². The molecule has 188 valence electrons. The van der Waals surface area contributed by atoms with Gasteiger partial charge < -0.3 is 4.90 Å². The van der Waals surface area contributed by atoms with Crippen LogP contribution in [-0.2, 0) is 5.41 Å². The lowest BCUT2D eigenvalue weighted by molar-refractivity contribution is 0.632. The average Bonchev–Trinajstić information content (AvgIpc) is 3.44. The molecule has 2 heterocycles. The molecule has 4 nitrogen and oxygen atoms in total. The van der Waals surface area contributed by atoms with Crippen molar-refractivity contribution in [2.24, 2.45) is 0 Å². The number of rotatable bonds is 4. The maximum Gasteiger partial charge on any atom is 0.182 e. The molecule has 0 N–H and O–H groups in total. The Kier molecular flexibility index (Phi) is 5.41. The van der Waals surface area contributed by atoms with Crippen LogP contribution in [-0.4, -0.2) is 14.8 Å². The highest BCUT2D eigenvalue weighted by atomic mass is 15.4. The molecule has 1 aliphatic rings. The van der Waals surface area contributed by atoms with Crippen LogP contribution in [0.3, 0.4) is 0 Å². The summed E-state index contributed by atoms with van der Waals surface area (Å²) in [5.41, 5.74) is 9.09. The zero-order chi connectivity index (χ0) is 26.4. The summed E-state index contributed by atoms with van der Waals surface area (Å²) >= 11 is 0. The first-order valence-corrected chi connectivity index (χ1v) is 13.3. The van der Waals surface area contributed by atoms with Crippen LogP contribution in [0.5, 0.6) is 0 Å². The van der Waals surface area contributed by atoms with E-state index >= 15 is 0 Å². The summed E-state index contributed by atoms with van der Waals surface area (Å²) < 4.78 is 1.95. The standard InChI is InChI=1S/C35H28N4/c1-35(2)29-17-9-11-19-31(29)38(32-20-12-10-18-30(32)35)27-21-23-28(24-22-27)39-34(26-15-7-4-8-16-26)36-33(37-39)25-13-5-3-6-14-25/h3-24H,1-2H3. The lowest BCUT2D eigenvalue weighted by Gasteiger charge is -2.42. The number of benzene rings is 5. The summed E-state index contributed by atoms with van der Waals surface area (Å²) in [6.45, 7) is 4.62. The first kappa shape index (κ1) is 23.2. The van der Waals surface area contributed by atoms with E-state index in [0.717, 1.165) is 28.3 Å². The SMILES string of the molecule is CC1(C)c2ccccc2N(c2ccc(-n3nc(-c4ccccc4)nc3-c3ccccc3)cc2)c2ccccc21. The molecule has 0 saturated heterocycles. The van der Waals surface area contributed by atoms with E-state index in [4.69, 9.17) is 10.1 Å². The van der Waals surface area contributed by atoms with E-state index in [1.807, 2.05) is 53.2 Å². The van der Waals surface area contributed by atoms with Gasteiger partial charge in [-0.25, -0.2) is 9.67 Å². The number of fused-ring (bicyclic) bond motifs is 2. The van der Waals surface area contributed by atoms with Crippen LogP contribution in [0.15, 0.2) is 133 Å².